The van der Waals surface area contributed by atoms with Crippen molar-refractivity contribution in [1.82, 2.24) is 0 Å². The first-order valence-electron chi connectivity index (χ1n) is 9.11. The zero-order chi connectivity index (χ0) is 19.4. The summed E-state index contributed by atoms with van der Waals surface area (Å²) in [5, 5.41) is 0. The van der Waals surface area contributed by atoms with Crippen LogP contribution in [0.2, 0.25) is 0 Å². The van der Waals surface area contributed by atoms with Gasteiger partial charge in [0.2, 0.25) is 10.0 Å². The maximum Gasteiger partial charge on any atom is 0.229 e. The molecule has 1 aliphatic carbocycles. The van der Waals surface area contributed by atoms with Gasteiger partial charge in [-0.1, -0.05) is 31.2 Å². The second-order valence-electron chi connectivity index (χ2n) is 7.91. The number of aryl methyl sites for hydroxylation is 1. The number of para-hydroxylation sites is 1. The van der Waals surface area contributed by atoms with Crippen LogP contribution in [0.1, 0.15) is 42.4 Å². The molecule has 0 aromatic heterocycles. The van der Waals surface area contributed by atoms with Gasteiger partial charge >= 0.3 is 0 Å². The van der Waals surface area contributed by atoms with Crippen LogP contribution >= 0.6 is 0 Å². The van der Waals surface area contributed by atoms with Gasteiger partial charge in [-0.05, 0) is 54.5 Å². The molecule has 1 aliphatic heterocycles. The molecule has 2 aromatic carbocycles. The average molecular weight is 386 g/mol. The number of sulfonamides is 1. The molecule has 1 N–H and O–H groups in total. The van der Waals surface area contributed by atoms with Crippen molar-refractivity contribution in [2.45, 2.75) is 38.0 Å². The van der Waals surface area contributed by atoms with Crippen molar-refractivity contribution >= 4 is 27.6 Å². The number of nitrogens with zero attached hydrogens (tertiary/aromatic N) is 1. The Hall–Kier alpha value is -2.21. The second-order valence-corrected chi connectivity index (χ2v) is 9.66. The van der Waals surface area contributed by atoms with Gasteiger partial charge in [0.05, 0.1) is 17.6 Å². The van der Waals surface area contributed by atoms with E-state index < -0.39 is 15.4 Å². The predicted octanol–water partition coefficient (Wildman–Crippen LogP) is 4.67. The third-order valence-electron chi connectivity index (χ3n) is 5.83. The normalized spacial score (nSPS) is 21.0. The smallest absolute Gasteiger partial charge is 0.229 e. The Morgan fingerprint density at radius 2 is 1.96 bits per heavy atom. The van der Waals surface area contributed by atoms with Gasteiger partial charge in [-0.2, -0.15) is 0 Å². The standard InChI is InChI=1S/C21H23FN2O2S/c1-13-7-10-16(18(22)11-13)21(2,14-8-9-14)17-12-23-20-15(17)5-4-6-19(20)24-27(3,25)26/h4-7,10-12,14,17,24H,8-9H2,1-3H3/t17?,21-/m0/s1. The molecule has 2 atom stereocenters. The van der Waals surface area contributed by atoms with Crippen LogP contribution in [0, 0.1) is 18.7 Å². The molecule has 0 saturated heterocycles. The highest BCUT2D eigenvalue weighted by Crippen LogP contribution is 2.57. The van der Waals surface area contributed by atoms with E-state index >= 15 is 0 Å². The summed E-state index contributed by atoms with van der Waals surface area (Å²) in [5.41, 5.74) is 3.23. The van der Waals surface area contributed by atoms with Gasteiger partial charge in [0.15, 0.2) is 0 Å². The molecule has 2 aromatic rings. The average Bonchev–Trinajstić information content (AvgIpc) is 3.33. The lowest BCUT2D eigenvalue weighted by Gasteiger charge is -2.36. The van der Waals surface area contributed by atoms with Crippen LogP contribution in [0.4, 0.5) is 15.8 Å². The molecule has 4 rings (SSSR count). The van der Waals surface area contributed by atoms with Gasteiger partial charge in [0.25, 0.3) is 0 Å². The largest absolute Gasteiger partial charge is 0.282 e. The molecule has 0 radical (unpaired) electrons. The number of halogens is 1. The Morgan fingerprint density at radius 1 is 1.22 bits per heavy atom. The van der Waals surface area contributed by atoms with Gasteiger partial charge in [-0.3, -0.25) is 9.71 Å². The maximum absolute atomic E-state index is 14.9. The van der Waals surface area contributed by atoms with E-state index in [1.807, 2.05) is 37.4 Å². The van der Waals surface area contributed by atoms with E-state index in [1.165, 1.54) is 0 Å². The van der Waals surface area contributed by atoms with Gasteiger partial charge in [-0.15, -0.1) is 0 Å². The molecule has 1 fully saturated rings. The Labute approximate surface area is 159 Å². The molecule has 1 unspecified atom stereocenters. The summed E-state index contributed by atoms with van der Waals surface area (Å²) >= 11 is 0. The van der Waals surface area contributed by atoms with Crippen molar-refractivity contribution in [1.29, 1.82) is 0 Å². The molecule has 1 saturated carbocycles. The Balaban J connectivity index is 1.82. The van der Waals surface area contributed by atoms with Crippen molar-refractivity contribution in [3.63, 3.8) is 0 Å². The molecular weight excluding hydrogens is 363 g/mol. The lowest BCUT2D eigenvalue weighted by Crippen LogP contribution is -2.34. The summed E-state index contributed by atoms with van der Waals surface area (Å²) in [6.07, 6.45) is 5.10. The lowest BCUT2D eigenvalue weighted by molar-refractivity contribution is 0.370. The summed E-state index contributed by atoms with van der Waals surface area (Å²) in [6, 6.07) is 10.9. The van der Waals surface area contributed by atoms with Crippen molar-refractivity contribution in [3.05, 3.63) is 58.9 Å². The summed E-state index contributed by atoms with van der Waals surface area (Å²) < 4.78 is 40.8. The second kappa shape index (κ2) is 6.16. The van der Waals surface area contributed by atoms with Crippen LogP contribution < -0.4 is 4.72 Å². The molecule has 1 heterocycles. The molecule has 6 heteroatoms. The number of anilines is 1. The van der Waals surface area contributed by atoms with Gasteiger partial charge < -0.3 is 0 Å². The van der Waals surface area contributed by atoms with E-state index in [1.54, 1.807) is 12.1 Å². The summed E-state index contributed by atoms with van der Waals surface area (Å²) in [4.78, 5) is 4.54. The zero-order valence-corrected chi connectivity index (χ0v) is 16.5. The summed E-state index contributed by atoms with van der Waals surface area (Å²) in [7, 11) is -3.40. The third kappa shape index (κ3) is 3.16. The quantitative estimate of drug-likeness (QED) is 0.812. The molecule has 0 spiro atoms. The number of aliphatic imine (C=N–C) groups is 1. The minimum absolute atomic E-state index is 0.0986. The summed E-state index contributed by atoms with van der Waals surface area (Å²) in [5.74, 6) is 0.0961. The summed E-state index contributed by atoms with van der Waals surface area (Å²) in [6.45, 7) is 4.00. The van der Waals surface area contributed by atoms with Crippen molar-refractivity contribution in [2.75, 3.05) is 11.0 Å². The van der Waals surface area contributed by atoms with Crippen molar-refractivity contribution < 1.29 is 12.8 Å². The van der Waals surface area contributed by atoms with E-state index in [-0.39, 0.29) is 11.7 Å². The molecular formula is C21H23FN2O2S. The fourth-order valence-electron chi connectivity index (χ4n) is 4.33. The van der Waals surface area contributed by atoms with Crippen LogP contribution in [-0.4, -0.2) is 20.9 Å². The van der Waals surface area contributed by atoms with E-state index in [0.29, 0.717) is 22.9 Å². The highest BCUT2D eigenvalue weighted by atomic mass is 32.2. The first kappa shape index (κ1) is 18.2. The van der Waals surface area contributed by atoms with Crippen LogP contribution in [-0.2, 0) is 15.4 Å². The molecule has 0 bridgehead atoms. The molecule has 4 nitrogen and oxygen atoms in total. The molecule has 27 heavy (non-hydrogen) atoms. The minimum Gasteiger partial charge on any atom is -0.282 e. The number of rotatable bonds is 5. The Kier molecular flexibility index (Phi) is 4.14. The number of nitrogens with one attached hydrogen (secondary N) is 1. The van der Waals surface area contributed by atoms with Gasteiger partial charge in [0, 0.05) is 17.5 Å². The maximum atomic E-state index is 14.9. The van der Waals surface area contributed by atoms with E-state index in [2.05, 4.69) is 16.6 Å². The van der Waals surface area contributed by atoms with E-state index in [4.69, 9.17) is 0 Å². The minimum atomic E-state index is -3.40. The Morgan fingerprint density at radius 3 is 2.59 bits per heavy atom. The van der Waals surface area contributed by atoms with E-state index in [9.17, 15) is 12.8 Å². The first-order chi connectivity index (χ1) is 12.7. The fraction of sp³-hybridized carbons (Fsp3) is 0.381. The highest BCUT2D eigenvalue weighted by Gasteiger charge is 2.50. The molecule has 0 amide bonds. The van der Waals surface area contributed by atoms with Crippen LogP contribution in [0.3, 0.4) is 0 Å². The number of hydrogen-bond acceptors (Lipinski definition) is 3. The van der Waals surface area contributed by atoms with Crippen molar-refractivity contribution in [2.24, 2.45) is 10.9 Å². The number of fused-ring (bicyclic) bond motifs is 1. The number of benzene rings is 2. The number of hydrogen-bond donors (Lipinski definition) is 1. The van der Waals surface area contributed by atoms with Crippen LogP contribution in [0.25, 0.3) is 0 Å². The monoisotopic (exact) mass is 386 g/mol. The van der Waals surface area contributed by atoms with Crippen LogP contribution in [0.5, 0.6) is 0 Å². The predicted molar refractivity (Wildman–Crippen MR) is 107 cm³/mol. The SMILES string of the molecule is Cc1ccc([C@](C)(C2CC2)C2C=Nc3c(NS(C)(=O)=O)cccc32)c(F)c1. The molecule has 142 valence electrons. The highest BCUT2D eigenvalue weighted by molar-refractivity contribution is 7.92. The Bertz CT molecular complexity index is 1040. The topological polar surface area (TPSA) is 58.5 Å². The third-order valence-corrected chi connectivity index (χ3v) is 6.42. The zero-order valence-electron chi connectivity index (χ0n) is 15.7. The fourth-order valence-corrected chi connectivity index (χ4v) is 4.89. The lowest BCUT2D eigenvalue weighted by atomic mass is 9.66. The van der Waals surface area contributed by atoms with Gasteiger partial charge in [-0.25, -0.2) is 12.8 Å². The molecule has 2 aliphatic rings. The van der Waals surface area contributed by atoms with Gasteiger partial charge in [0.1, 0.15) is 5.82 Å². The van der Waals surface area contributed by atoms with Crippen LogP contribution in [0.15, 0.2) is 41.4 Å². The first-order valence-corrected chi connectivity index (χ1v) is 11.0. The van der Waals surface area contributed by atoms with E-state index in [0.717, 1.165) is 30.2 Å². The van der Waals surface area contributed by atoms with Crippen molar-refractivity contribution in [3.8, 4) is 0 Å².